The van der Waals surface area contributed by atoms with Crippen LogP contribution in [0.3, 0.4) is 0 Å². The first-order valence-corrected chi connectivity index (χ1v) is 21.8. The molecule has 0 aliphatic carbocycles. The number of fused-ring (bicyclic) bond motifs is 5. The zero-order valence-electron chi connectivity index (χ0n) is 34.9. The van der Waals surface area contributed by atoms with E-state index in [4.69, 9.17) is 19.4 Å². The fraction of sp³-hybridized carbons (Fsp3) is 0.0339. The highest BCUT2D eigenvalue weighted by Gasteiger charge is 2.27. The number of nitrogens with zero attached hydrogens (tertiary/aromatic N) is 4. The molecule has 0 saturated heterocycles. The Kier molecular flexibility index (Phi) is 9.23. The fourth-order valence-electron chi connectivity index (χ4n) is 9.28. The average molecular weight is 821 g/mol. The van der Waals surface area contributed by atoms with Crippen LogP contribution in [-0.2, 0) is 6.42 Å². The molecule has 0 N–H and O–H groups in total. The Morgan fingerprint density at radius 3 is 1.52 bits per heavy atom. The van der Waals surface area contributed by atoms with Gasteiger partial charge < -0.3 is 9.32 Å². The van der Waals surface area contributed by atoms with E-state index in [-0.39, 0.29) is 0 Å². The summed E-state index contributed by atoms with van der Waals surface area (Å²) in [6, 6.07) is 76.7. The Labute approximate surface area is 371 Å². The third-order valence-corrected chi connectivity index (χ3v) is 12.4. The number of para-hydroxylation sites is 1. The van der Waals surface area contributed by atoms with Crippen molar-refractivity contribution in [3.05, 3.63) is 224 Å². The molecule has 0 radical (unpaired) electrons. The van der Waals surface area contributed by atoms with Crippen molar-refractivity contribution in [1.82, 2.24) is 15.0 Å². The highest BCUT2D eigenvalue weighted by Crippen LogP contribution is 2.46. The first-order chi connectivity index (χ1) is 31.7. The molecule has 0 amide bonds. The van der Waals surface area contributed by atoms with E-state index in [1.807, 2.05) is 36.4 Å². The molecule has 0 atom stereocenters. The summed E-state index contributed by atoms with van der Waals surface area (Å²) >= 11 is 0. The Morgan fingerprint density at radius 2 is 0.859 bits per heavy atom. The third kappa shape index (κ3) is 6.71. The average Bonchev–Trinajstić information content (AvgIpc) is 3.99. The predicted molar refractivity (Wildman–Crippen MR) is 262 cm³/mol. The second-order valence-corrected chi connectivity index (χ2v) is 16.3. The molecule has 5 nitrogen and oxygen atoms in total. The van der Waals surface area contributed by atoms with Crippen molar-refractivity contribution in [2.24, 2.45) is 0 Å². The molecule has 1 aliphatic heterocycles. The van der Waals surface area contributed by atoms with E-state index in [2.05, 4.69) is 187 Å². The summed E-state index contributed by atoms with van der Waals surface area (Å²) in [4.78, 5) is 18.0. The SMILES string of the molecule is c1ccc(-c2ccc(-c3ccccc3)c(-c3ccc(-c4ccc5c(c4)oc4c6c(ccc45)CCN6c4ccccc4)c(-c4nc(-c5ccccc5)nc(-c5ccccc5)n4)c3)c2)cc1. The lowest BCUT2D eigenvalue weighted by atomic mass is 9.88. The minimum Gasteiger partial charge on any atom is -0.454 e. The monoisotopic (exact) mass is 820 g/mol. The molecule has 3 heterocycles. The van der Waals surface area contributed by atoms with E-state index in [9.17, 15) is 0 Å². The molecule has 1 aliphatic rings. The number of furan rings is 1. The Balaban J connectivity index is 1.09. The Bertz CT molecular complexity index is 3420. The zero-order valence-corrected chi connectivity index (χ0v) is 34.9. The van der Waals surface area contributed by atoms with Crippen LogP contribution in [0.25, 0.3) is 101 Å². The lowest BCUT2D eigenvalue weighted by Gasteiger charge is -2.19. The summed E-state index contributed by atoms with van der Waals surface area (Å²) < 4.78 is 6.94. The van der Waals surface area contributed by atoms with Crippen LogP contribution in [0.4, 0.5) is 11.4 Å². The van der Waals surface area contributed by atoms with Crippen LogP contribution in [0, 0.1) is 0 Å². The smallest absolute Gasteiger partial charge is 0.164 e. The molecule has 5 heteroatoms. The van der Waals surface area contributed by atoms with Crippen molar-refractivity contribution >= 4 is 33.3 Å². The summed E-state index contributed by atoms with van der Waals surface area (Å²) in [5.41, 5.74) is 16.9. The van der Waals surface area contributed by atoms with Crippen LogP contribution in [-0.4, -0.2) is 21.5 Å². The number of benzene rings is 9. The summed E-state index contributed by atoms with van der Waals surface area (Å²) in [5.74, 6) is 1.81. The van der Waals surface area contributed by atoms with E-state index < -0.39 is 0 Å². The van der Waals surface area contributed by atoms with Gasteiger partial charge in [0.1, 0.15) is 5.58 Å². The molecule has 12 rings (SSSR count). The van der Waals surface area contributed by atoms with Crippen LogP contribution in [0.15, 0.2) is 223 Å². The van der Waals surface area contributed by atoms with Crippen molar-refractivity contribution in [3.63, 3.8) is 0 Å². The van der Waals surface area contributed by atoms with Gasteiger partial charge in [-0.2, -0.15) is 0 Å². The highest BCUT2D eigenvalue weighted by molar-refractivity contribution is 6.11. The van der Waals surface area contributed by atoms with E-state index >= 15 is 0 Å². The Morgan fingerprint density at radius 1 is 0.359 bits per heavy atom. The molecule has 0 bridgehead atoms. The molecule has 11 aromatic rings. The number of hydrogen-bond acceptors (Lipinski definition) is 5. The van der Waals surface area contributed by atoms with Gasteiger partial charge in [0.2, 0.25) is 0 Å². The molecule has 64 heavy (non-hydrogen) atoms. The van der Waals surface area contributed by atoms with Gasteiger partial charge in [0.15, 0.2) is 23.1 Å². The summed E-state index contributed by atoms with van der Waals surface area (Å²) in [6.45, 7) is 0.915. The first kappa shape index (κ1) is 37.4. The van der Waals surface area contributed by atoms with E-state index in [1.54, 1.807) is 0 Å². The van der Waals surface area contributed by atoms with Gasteiger partial charge in [-0.15, -0.1) is 0 Å². The molecule has 9 aromatic carbocycles. The maximum Gasteiger partial charge on any atom is 0.164 e. The van der Waals surface area contributed by atoms with Crippen LogP contribution in [0.1, 0.15) is 5.56 Å². The fourth-order valence-corrected chi connectivity index (χ4v) is 9.28. The molecular formula is C59H40N4O. The van der Waals surface area contributed by atoms with Crippen LogP contribution >= 0.6 is 0 Å². The Hall–Kier alpha value is -8.41. The predicted octanol–water partition coefficient (Wildman–Crippen LogP) is 15.1. The first-order valence-electron chi connectivity index (χ1n) is 21.8. The lowest BCUT2D eigenvalue weighted by molar-refractivity contribution is 0.669. The third-order valence-electron chi connectivity index (χ3n) is 12.4. The molecular weight excluding hydrogens is 781 g/mol. The van der Waals surface area contributed by atoms with Crippen molar-refractivity contribution in [2.75, 3.05) is 11.4 Å². The highest BCUT2D eigenvalue weighted by atomic mass is 16.3. The second-order valence-electron chi connectivity index (χ2n) is 16.3. The van der Waals surface area contributed by atoms with Gasteiger partial charge in [-0.1, -0.05) is 182 Å². The van der Waals surface area contributed by atoms with E-state index in [0.29, 0.717) is 17.5 Å². The standard InChI is InChI=1S/C59H40N4O/c1-6-16-39(17-7-1)44-27-30-48(40-18-8-2-9-19-40)52(36-44)45-28-31-49(53(37-45)59-61-57(42-20-10-3-11-21-42)60-58(62-59)43-22-12-4-13-23-43)46-29-32-50-51-33-26-41-34-35-63(47-24-14-5-15-25-47)55(41)56(51)64-54(50)38-46/h1-33,36-38H,34-35H2. The van der Waals surface area contributed by atoms with Gasteiger partial charge in [0, 0.05) is 39.7 Å². The van der Waals surface area contributed by atoms with Crippen molar-refractivity contribution in [2.45, 2.75) is 6.42 Å². The van der Waals surface area contributed by atoms with Gasteiger partial charge in [0.05, 0.1) is 5.69 Å². The van der Waals surface area contributed by atoms with E-state index in [0.717, 1.165) is 102 Å². The van der Waals surface area contributed by atoms with Gasteiger partial charge in [-0.25, -0.2) is 15.0 Å². The second kappa shape index (κ2) is 15.8. The van der Waals surface area contributed by atoms with E-state index in [1.165, 1.54) is 11.3 Å². The van der Waals surface area contributed by atoms with Gasteiger partial charge in [-0.05, 0) is 92.9 Å². The molecule has 2 aromatic heterocycles. The van der Waals surface area contributed by atoms with Crippen LogP contribution in [0.5, 0.6) is 0 Å². The quantitative estimate of drug-likeness (QED) is 0.153. The molecule has 0 fully saturated rings. The van der Waals surface area contributed by atoms with Crippen LogP contribution < -0.4 is 4.90 Å². The number of rotatable bonds is 8. The maximum absolute atomic E-state index is 6.94. The minimum absolute atomic E-state index is 0.589. The van der Waals surface area contributed by atoms with Crippen molar-refractivity contribution < 1.29 is 4.42 Å². The molecule has 0 unspecified atom stereocenters. The molecule has 0 saturated carbocycles. The largest absolute Gasteiger partial charge is 0.454 e. The molecule has 302 valence electrons. The summed E-state index contributed by atoms with van der Waals surface area (Å²) in [5, 5.41) is 2.20. The summed E-state index contributed by atoms with van der Waals surface area (Å²) in [6.07, 6.45) is 0.973. The summed E-state index contributed by atoms with van der Waals surface area (Å²) in [7, 11) is 0. The number of anilines is 2. The van der Waals surface area contributed by atoms with Gasteiger partial charge in [0.25, 0.3) is 0 Å². The molecule has 0 spiro atoms. The topological polar surface area (TPSA) is 55.1 Å². The van der Waals surface area contributed by atoms with Crippen molar-refractivity contribution in [3.8, 4) is 78.7 Å². The minimum atomic E-state index is 0.589. The number of hydrogen-bond donors (Lipinski definition) is 0. The van der Waals surface area contributed by atoms with Gasteiger partial charge in [-0.3, -0.25) is 0 Å². The van der Waals surface area contributed by atoms with Gasteiger partial charge >= 0.3 is 0 Å². The van der Waals surface area contributed by atoms with Crippen LogP contribution in [0.2, 0.25) is 0 Å². The lowest BCUT2D eigenvalue weighted by Crippen LogP contribution is -2.13. The maximum atomic E-state index is 6.94. The van der Waals surface area contributed by atoms with Crippen molar-refractivity contribution in [1.29, 1.82) is 0 Å². The normalized spacial score (nSPS) is 12.2. The zero-order chi connectivity index (χ0) is 42.4. The number of aromatic nitrogens is 3.